The Balaban J connectivity index is 1.61. The van der Waals surface area contributed by atoms with E-state index in [0.29, 0.717) is 17.4 Å². The van der Waals surface area contributed by atoms with E-state index < -0.39 is 0 Å². The van der Waals surface area contributed by atoms with E-state index in [-0.39, 0.29) is 11.9 Å². The summed E-state index contributed by atoms with van der Waals surface area (Å²) >= 11 is 6.22. The van der Waals surface area contributed by atoms with Crippen molar-refractivity contribution in [3.05, 3.63) is 40.9 Å². The van der Waals surface area contributed by atoms with Crippen LogP contribution in [0.3, 0.4) is 0 Å². The lowest BCUT2D eigenvalue weighted by molar-refractivity contribution is -0.117. The van der Waals surface area contributed by atoms with Crippen LogP contribution in [0, 0.1) is 0 Å². The van der Waals surface area contributed by atoms with Gasteiger partial charge in [-0.1, -0.05) is 29.8 Å². The molecule has 4 nitrogen and oxygen atoms in total. The van der Waals surface area contributed by atoms with Crippen LogP contribution in [-0.4, -0.2) is 37.0 Å². The summed E-state index contributed by atoms with van der Waals surface area (Å²) in [5.74, 6) is 0.653. The Bertz CT molecular complexity index is 582. The summed E-state index contributed by atoms with van der Waals surface area (Å²) in [5, 5.41) is 3.69. The highest BCUT2D eigenvalue weighted by Crippen LogP contribution is 2.36. The first kappa shape index (κ1) is 16.3. The predicted molar refractivity (Wildman–Crippen MR) is 91.9 cm³/mol. The number of nitrogens with zero attached hydrogens (tertiary/aromatic N) is 1. The van der Waals surface area contributed by atoms with Gasteiger partial charge in [-0.15, -0.1) is 0 Å². The van der Waals surface area contributed by atoms with E-state index in [1.165, 1.54) is 12.8 Å². The van der Waals surface area contributed by atoms with Crippen molar-refractivity contribution < 1.29 is 9.53 Å². The third-order valence-corrected chi connectivity index (χ3v) is 4.70. The highest BCUT2D eigenvalue weighted by atomic mass is 35.5. The third kappa shape index (κ3) is 4.27. The van der Waals surface area contributed by atoms with E-state index in [4.69, 9.17) is 16.3 Å². The van der Waals surface area contributed by atoms with E-state index in [0.717, 1.165) is 38.0 Å². The summed E-state index contributed by atoms with van der Waals surface area (Å²) in [7, 11) is 0. The molecule has 1 unspecified atom stereocenters. The predicted octanol–water partition coefficient (Wildman–Crippen LogP) is 3.32. The average Bonchev–Trinajstić information content (AvgIpc) is 2.96. The molecule has 0 aromatic heterocycles. The van der Waals surface area contributed by atoms with Gasteiger partial charge >= 0.3 is 0 Å². The van der Waals surface area contributed by atoms with E-state index in [1.807, 2.05) is 24.3 Å². The molecule has 0 aliphatic carbocycles. The topological polar surface area (TPSA) is 41.6 Å². The lowest BCUT2D eigenvalue weighted by Crippen LogP contribution is -2.27. The van der Waals surface area contributed by atoms with Crippen LogP contribution >= 0.6 is 11.6 Å². The van der Waals surface area contributed by atoms with Gasteiger partial charge in [-0.3, -0.25) is 9.69 Å². The molecule has 2 aliphatic rings. The molecule has 23 heavy (non-hydrogen) atoms. The second kappa shape index (κ2) is 7.84. The molecule has 1 aromatic rings. The van der Waals surface area contributed by atoms with Crippen LogP contribution in [0.5, 0.6) is 5.75 Å². The number of ether oxygens (including phenoxy) is 1. The van der Waals surface area contributed by atoms with Crippen LogP contribution < -0.4 is 10.1 Å². The normalized spacial score (nSPS) is 21.7. The molecule has 5 heteroatoms. The minimum absolute atomic E-state index is 0.0462. The monoisotopic (exact) mass is 334 g/mol. The molecule has 1 aromatic carbocycles. The molecule has 1 N–H and O–H groups in total. The molecule has 2 aliphatic heterocycles. The first-order chi connectivity index (χ1) is 11.2. The second-order valence-corrected chi connectivity index (χ2v) is 6.53. The Morgan fingerprint density at radius 3 is 3.00 bits per heavy atom. The van der Waals surface area contributed by atoms with Gasteiger partial charge in [-0.25, -0.2) is 0 Å². The number of carbonyl (C=O) groups excluding carboxylic acids is 1. The van der Waals surface area contributed by atoms with Crippen molar-refractivity contribution in [1.82, 2.24) is 10.2 Å². The Morgan fingerprint density at radius 1 is 1.35 bits per heavy atom. The number of fused-ring (bicyclic) bond motifs is 1. The first-order valence-corrected chi connectivity index (χ1v) is 8.72. The van der Waals surface area contributed by atoms with Crippen molar-refractivity contribution in [2.75, 3.05) is 26.2 Å². The quantitative estimate of drug-likeness (QED) is 0.859. The number of benzene rings is 1. The maximum atomic E-state index is 12.2. The van der Waals surface area contributed by atoms with Crippen LogP contribution in [-0.2, 0) is 4.79 Å². The fraction of sp³-hybridized carbons (Fsp3) is 0.500. The van der Waals surface area contributed by atoms with Gasteiger partial charge in [0, 0.05) is 18.2 Å². The molecule has 0 radical (unpaired) electrons. The van der Waals surface area contributed by atoms with E-state index in [1.54, 1.807) is 6.08 Å². The molecule has 0 spiro atoms. The summed E-state index contributed by atoms with van der Waals surface area (Å²) < 4.78 is 5.73. The van der Waals surface area contributed by atoms with Crippen molar-refractivity contribution in [3.63, 3.8) is 0 Å². The molecule has 1 atom stereocenters. The summed E-state index contributed by atoms with van der Waals surface area (Å²) in [6.45, 7) is 3.76. The fourth-order valence-corrected chi connectivity index (χ4v) is 3.45. The van der Waals surface area contributed by atoms with Crippen molar-refractivity contribution in [1.29, 1.82) is 0 Å². The molecular weight excluding hydrogens is 312 g/mol. The van der Waals surface area contributed by atoms with Crippen molar-refractivity contribution in [2.24, 2.45) is 0 Å². The number of likely N-dealkylation sites (tertiary alicyclic amines) is 1. The Kier molecular flexibility index (Phi) is 5.57. The van der Waals surface area contributed by atoms with Gasteiger partial charge in [0.1, 0.15) is 5.75 Å². The zero-order valence-electron chi connectivity index (χ0n) is 13.3. The Labute approximate surface area is 142 Å². The summed E-state index contributed by atoms with van der Waals surface area (Å²) in [6, 6.07) is 5.65. The molecule has 124 valence electrons. The second-order valence-electron chi connectivity index (χ2n) is 6.12. The molecule has 3 rings (SSSR count). The van der Waals surface area contributed by atoms with Crippen LogP contribution in [0.2, 0.25) is 5.02 Å². The van der Waals surface area contributed by atoms with Gasteiger partial charge in [0.25, 0.3) is 0 Å². The maximum absolute atomic E-state index is 12.2. The number of rotatable bonds is 4. The number of halogens is 1. The minimum atomic E-state index is -0.0537. The number of para-hydroxylation sites is 1. The number of amides is 1. The number of carbonyl (C=O) groups is 1. The SMILES string of the molecule is O=C(/C=C/CN1CCCC1)NC1CCCOc2c(Cl)cccc21. The van der Waals surface area contributed by atoms with Crippen LogP contribution in [0.1, 0.15) is 37.3 Å². The smallest absolute Gasteiger partial charge is 0.244 e. The number of hydrogen-bond donors (Lipinski definition) is 1. The van der Waals surface area contributed by atoms with Crippen molar-refractivity contribution in [3.8, 4) is 5.75 Å². The van der Waals surface area contributed by atoms with Crippen molar-refractivity contribution in [2.45, 2.75) is 31.7 Å². The van der Waals surface area contributed by atoms with Gasteiger partial charge in [-0.2, -0.15) is 0 Å². The fourth-order valence-electron chi connectivity index (χ4n) is 3.21. The lowest BCUT2D eigenvalue weighted by atomic mass is 10.0. The third-order valence-electron chi connectivity index (χ3n) is 4.40. The molecule has 1 amide bonds. The van der Waals surface area contributed by atoms with Gasteiger partial charge in [0.15, 0.2) is 0 Å². The molecule has 0 bridgehead atoms. The van der Waals surface area contributed by atoms with Crippen LogP contribution in [0.25, 0.3) is 0 Å². The largest absolute Gasteiger partial charge is 0.492 e. The maximum Gasteiger partial charge on any atom is 0.244 e. The number of hydrogen-bond acceptors (Lipinski definition) is 3. The van der Waals surface area contributed by atoms with Gasteiger partial charge in [-0.05, 0) is 44.8 Å². The van der Waals surface area contributed by atoms with Gasteiger partial charge in [0.05, 0.1) is 17.7 Å². The van der Waals surface area contributed by atoms with Crippen molar-refractivity contribution >= 4 is 17.5 Å². The van der Waals surface area contributed by atoms with Gasteiger partial charge in [0.2, 0.25) is 5.91 Å². The van der Waals surface area contributed by atoms with Gasteiger partial charge < -0.3 is 10.1 Å². The Morgan fingerprint density at radius 2 is 2.17 bits per heavy atom. The molecular formula is C18H23ClN2O2. The zero-order valence-corrected chi connectivity index (χ0v) is 14.0. The van der Waals surface area contributed by atoms with E-state index in [9.17, 15) is 4.79 Å². The minimum Gasteiger partial charge on any atom is -0.492 e. The molecule has 1 saturated heterocycles. The molecule has 0 saturated carbocycles. The summed E-state index contributed by atoms with van der Waals surface area (Å²) in [4.78, 5) is 14.6. The van der Waals surface area contributed by atoms with Crippen LogP contribution in [0.4, 0.5) is 0 Å². The summed E-state index contributed by atoms with van der Waals surface area (Å²) in [5.41, 5.74) is 0.969. The van der Waals surface area contributed by atoms with E-state index >= 15 is 0 Å². The zero-order chi connectivity index (χ0) is 16.1. The Hall–Kier alpha value is -1.52. The molecule has 1 fully saturated rings. The highest BCUT2D eigenvalue weighted by molar-refractivity contribution is 6.32. The van der Waals surface area contributed by atoms with E-state index in [2.05, 4.69) is 10.2 Å². The number of nitrogens with one attached hydrogen (secondary N) is 1. The molecule has 2 heterocycles. The highest BCUT2D eigenvalue weighted by Gasteiger charge is 2.22. The first-order valence-electron chi connectivity index (χ1n) is 8.34. The lowest BCUT2D eigenvalue weighted by Gasteiger charge is -2.18. The van der Waals surface area contributed by atoms with Crippen LogP contribution in [0.15, 0.2) is 30.4 Å². The standard InChI is InChI=1S/C18H23ClN2O2/c19-15-7-3-6-14-16(8-5-13-23-18(14)15)20-17(22)9-4-12-21-10-1-2-11-21/h3-4,6-7,9,16H,1-2,5,8,10-13H2,(H,20,22)/b9-4+. The average molecular weight is 335 g/mol. The summed E-state index contributed by atoms with van der Waals surface area (Å²) in [6.07, 6.45) is 7.88.